The fourth-order valence-electron chi connectivity index (χ4n) is 3.67. The number of carbonyl (C=O) groups is 1. The molecule has 136 valence electrons. The largest absolute Gasteiger partial charge is 0.378 e. The smallest absolute Gasteiger partial charge is 0.319 e. The Morgan fingerprint density at radius 1 is 1.36 bits per heavy atom. The standard InChI is InChI=1S/C21H30N2O2/c1-4-6-16-7-5-8-18(14(2)3)20(16)23-21(24)22-17-11-12-25-19(13-17)15-9-10-15/h4-5,7-8,14-15,17,19H,1,6,9-13H2,2-3H3,(H2,22,23,24)/t17-,19+/m1/s1. The molecule has 2 fully saturated rings. The van der Waals surface area contributed by atoms with Gasteiger partial charge in [-0.1, -0.05) is 38.1 Å². The van der Waals surface area contributed by atoms with Gasteiger partial charge < -0.3 is 15.4 Å². The first-order valence-corrected chi connectivity index (χ1v) is 9.50. The molecule has 0 aromatic heterocycles. The molecular formula is C21H30N2O2. The summed E-state index contributed by atoms with van der Waals surface area (Å²) in [5, 5.41) is 6.27. The zero-order chi connectivity index (χ0) is 17.8. The Balaban J connectivity index is 1.66. The second-order valence-electron chi connectivity index (χ2n) is 7.60. The van der Waals surface area contributed by atoms with Crippen LogP contribution in [0.3, 0.4) is 0 Å². The predicted molar refractivity (Wildman–Crippen MR) is 102 cm³/mol. The first kappa shape index (κ1) is 18.0. The third kappa shape index (κ3) is 4.63. The van der Waals surface area contributed by atoms with Gasteiger partial charge in [0.15, 0.2) is 0 Å². The van der Waals surface area contributed by atoms with Crippen molar-refractivity contribution >= 4 is 11.7 Å². The Bertz CT molecular complexity index is 622. The molecule has 1 saturated heterocycles. The van der Waals surface area contributed by atoms with E-state index in [2.05, 4.69) is 49.3 Å². The summed E-state index contributed by atoms with van der Waals surface area (Å²) < 4.78 is 5.85. The number of rotatable bonds is 6. The minimum atomic E-state index is -0.111. The maximum absolute atomic E-state index is 12.6. The number of allylic oxidation sites excluding steroid dienone is 1. The van der Waals surface area contributed by atoms with Gasteiger partial charge in [0.05, 0.1) is 6.10 Å². The summed E-state index contributed by atoms with van der Waals surface area (Å²) >= 11 is 0. The van der Waals surface area contributed by atoms with Gasteiger partial charge in [-0.2, -0.15) is 0 Å². The van der Waals surface area contributed by atoms with Crippen LogP contribution >= 0.6 is 0 Å². The number of urea groups is 1. The zero-order valence-corrected chi connectivity index (χ0v) is 15.4. The Morgan fingerprint density at radius 2 is 2.16 bits per heavy atom. The van der Waals surface area contributed by atoms with Gasteiger partial charge in [0.25, 0.3) is 0 Å². The minimum absolute atomic E-state index is 0.111. The van der Waals surface area contributed by atoms with E-state index in [1.807, 2.05) is 6.08 Å². The summed E-state index contributed by atoms with van der Waals surface area (Å²) in [4.78, 5) is 12.6. The van der Waals surface area contributed by atoms with Crippen LogP contribution in [0.4, 0.5) is 10.5 Å². The van der Waals surface area contributed by atoms with Crippen molar-refractivity contribution in [3.63, 3.8) is 0 Å². The monoisotopic (exact) mass is 342 g/mol. The van der Waals surface area contributed by atoms with Crippen molar-refractivity contribution in [2.45, 2.75) is 64.0 Å². The fraction of sp³-hybridized carbons (Fsp3) is 0.571. The Labute approximate surface area is 151 Å². The van der Waals surface area contributed by atoms with E-state index in [0.29, 0.717) is 17.9 Å². The number of hydrogen-bond donors (Lipinski definition) is 2. The third-order valence-electron chi connectivity index (χ3n) is 5.21. The topological polar surface area (TPSA) is 50.4 Å². The van der Waals surface area contributed by atoms with Crippen molar-refractivity contribution in [1.82, 2.24) is 5.32 Å². The van der Waals surface area contributed by atoms with E-state index in [1.165, 1.54) is 12.8 Å². The first-order chi connectivity index (χ1) is 12.1. The average molecular weight is 342 g/mol. The number of amides is 2. The molecule has 1 heterocycles. The van der Waals surface area contributed by atoms with Crippen molar-refractivity contribution < 1.29 is 9.53 Å². The van der Waals surface area contributed by atoms with Crippen molar-refractivity contribution in [2.75, 3.05) is 11.9 Å². The van der Waals surface area contributed by atoms with Crippen LogP contribution in [-0.4, -0.2) is 24.8 Å². The highest BCUT2D eigenvalue weighted by atomic mass is 16.5. The van der Waals surface area contributed by atoms with Gasteiger partial charge in [-0.15, -0.1) is 6.58 Å². The van der Waals surface area contributed by atoms with E-state index in [4.69, 9.17) is 4.74 Å². The van der Waals surface area contributed by atoms with Gasteiger partial charge in [0.2, 0.25) is 0 Å². The molecule has 2 N–H and O–H groups in total. The summed E-state index contributed by atoms with van der Waals surface area (Å²) in [6.45, 7) is 8.87. The number of carbonyl (C=O) groups excluding carboxylic acids is 1. The molecule has 3 rings (SSSR count). The third-order valence-corrected chi connectivity index (χ3v) is 5.21. The molecule has 2 amide bonds. The normalized spacial score (nSPS) is 23.3. The summed E-state index contributed by atoms with van der Waals surface area (Å²) in [5.74, 6) is 1.07. The van der Waals surface area contributed by atoms with Crippen LogP contribution in [0, 0.1) is 5.92 Å². The number of nitrogens with one attached hydrogen (secondary N) is 2. The molecule has 4 nitrogen and oxygen atoms in total. The summed E-state index contributed by atoms with van der Waals surface area (Å²) in [5.41, 5.74) is 3.21. The molecule has 0 unspecified atom stereocenters. The van der Waals surface area contributed by atoms with Gasteiger partial charge in [-0.3, -0.25) is 0 Å². The summed E-state index contributed by atoms with van der Waals surface area (Å²) in [6, 6.07) is 6.29. The van der Waals surface area contributed by atoms with E-state index in [0.717, 1.165) is 42.7 Å². The molecule has 25 heavy (non-hydrogen) atoms. The first-order valence-electron chi connectivity index (χ1n) is 9.50. The van der Waals surface area contributed by atoms with Crippen LogP contribution in [0.1, 0.15) is 56.6 Å². The maximum Gasteiger partial charge on any atom is 0.319 e. The number of hydrogen-bond acceptors (Lipinski definition) is 2. The van der Waals surface area contributed by atoms with Crippen LogP contribution in [0.5, 0.6) is 0 Å². The van der Waals surface area contributed by atoms with Crippen LogP contribution in [-0.2, 0) is 11.2 Å². The van der Waals surface area contributed by atoms with Gasteiger partial charge >= 0.3 is 6.03 Å². The Kier molecular flexibility index (Phi) is 5.79. The molecular weight excluding hydrogens is 312 g/mol. The highest BCUT2D eigenvalue weighted by Crippen LogP contribution is 2.38. The van der Waals surface area contributed by atoms with E-state index in [9.17, 15) is 4.79 Å². The maximum atomic E-state index is 12.6. The number of para-hydroxylation sites is 1. The molecule has 2 aliphatic rings. The van der Waals surface area contributed by atoms with Crippen LogP contribution in [0.15, 0.2) is 30.9 Å². The minimum Gasteiger partial charge on any atom is -0.378 e. The summed E-state index contributed by atoms with van der Waals surface area (Å²) in [6.07, 6.45) is 7.33. The SMILES string of the molecule is C=CCc1cccc(C(C)C)c1NC(=O)N[C@@H]1CCO[C@H](C2CC2)C1. The average Bonchev–Trinajstić information content (AvgIpc) is 3.41. The zero-order valence-electron chi connectivity index (χ0n) is 15.4. The van der Waals surface area contributed by atoms with E-state index < -0.39 is 0 Å². The second kappa shape index (κ2) is 8.05. The van der Waals surface area contributed by atoms with Crippen molar-refractivity contribution in [2.24, 2.45) is 5.92 Å². The lowest BCUT2D eigenvalue weighted by Gasteiger charge is -2.30. The Hall–Kier alpha value is -1.81. The molecule has 1 aliphatic heterocycles. The lowest BCUT2D eigenvalue weighted by atomic mass is 9.96. The molecule has 0 spiro atoms. The highest BCUT2D eigenvalue weighted by molar-refractivity contribution is 5.91. The van der Waals surface area contributed by atoms with Crippen LogP contribution in [0.2, 0.25) is 0 Å². The van der Waals surface area contributed by atoms with Gasteiger partial charge in [0.1, 0.15) is 0 Å². The molecule has 2 atom stereocenters. The van der Waals surface area contributed by atoms with Crippen LogP contribution < -0.4 is 10.6 Å². The molecule has 0 radical (unpaired) electrons. The van der Waals surface area contributed by atoms with E-state index in [-0.39, 0.29) is 12.1 Å². The van der Waals surface area contributed by atoms with Crippen molar-refractivity contribution in [1.29, 1.82) is 0 Å². The number of benzene rings is 1. The molecule has 4 heteroatoms. The van der Waals surface area contributed by atoms with Gasteiger partial charge in [0, 0.05) is 18.3 Å². The molecule has 1 saturated carbocycles. The van der Waals surface area contributed by atoms with Gasteiger partial charge in [-0.25, -0.2) is 4.79 Å². The van der Waals surface area contributed by atoms with Crippen LogP contribution in [0.25, 0.3) is 0 Å². The molecule has 1 aromatic rings. The quantitative estimate of drug-likeness (QED) is 0.741. The van der Waals surface area contributed by atoms with Gasteiger partial charge in [-0.05, 0) is 55.1 Å². The van der Waals surface area contributed by atoms with Crippen molar-refractivity contribution in [3.05, 3.63) is 42.0 Å². The molecule has 1 aliphatic carbocycles. The van der Waals surface area contributed by atoms with Crippen molar-refractivity contribution in [3.8, 4) is 0 Å². The lowest BCUT2D eigenvalue weighted by molar-refractivity contribution is -0.00889. The highest BCUT2D eigenvalue weighted by Gasteiger charge is 2.36. The van der Waals surface area contributed by atoms with E-state index >= 15 is 0 Å². The van der Waals surface area contributed by atoms with E-state index in [1.54, 1.807) is 0 Å². The second-order valence-corrected chi connectivity index (χ2v) is 7.60. The Morgan fingerprint density at radius 3 is 2.84 bits per heavy atom. The molecule has 0 bridgehead atoms. The molecule has 1 aromatic carbocycles. The lowest BCUT2D eigenvalue weighted by Crippen LogP contribution is -2.44. The predicted octanol–water partition coefficient (Wildman–Crippen LogP) is 4.62. The number of ether oxygens (including phenoxy) is 1. The fourth-order valence-corrected chi connectivity index (χ4v) is 3.67. The summed E-state index contributed by atoms with van der Waals surface area (Å²) in [7, 11) is 0. The number of anilines is 1.